The number of aromatic nitrogens is 1. The molecule has 3 heterocycles. The van der Waals surface area contributed by atoms with Gasteiger partial charge in [-0.3, -0.25) is 9.69 Å². The van der Waals surface area contributed by atoms with Gasteiger partial charge in [0.1, 0.15) is 5.76 Å². The third-order valence-electron chi connectivity index (χ3n) is 5.02. The predicted molar refractivity (Wildman–Crippen MR) is 93.4 cm³/mol. The van der Waals surface area contributed by atoms with Gasteiger partial charge in [-0.15, -0.1) is 0 Å². The normalized spacial score (nSPS) is 26.1. The number of ether oxygens (including phenoxy) is 1. The molecule has 2 aliphatic rings. The van der Waals surface area contributed by atoms with Crippen LogP contribution in [0.5, 0.6) is 0 Å². The lowest BCUT2D eigenvalue weighted by atomic mass is 9.93. The van der Waals surface area contributed by atoms with Gasteiger partial charge >= 0.3 is 0 Å². The summed E-state index contributed by atoms with van der Waals surface area (Å²) in [5.74, 6) is 1.56. The van der Waals surface area contributed by atoms with Crippen molar-refractivity contribution in [2.45, 2.75) is 57.6 Å². The average Bonchev–Trinajstić information content (AvgIpc) is 3.15. The molecule has 0 spiro atoms. The summed E-state index contributed by atoms with van der Waals surface area (Å²) < 4.78 is 10.7. The van der Waals surface area contributed by atoms with Crippen LogP contribution in [-0.2, 0) is 14.9 Å². The van der Waals surface area contributed by atoms with E-state index in [1.807, 2.05) is 20.8 Å². The molecule has 0 radical (unpaired) electrons. The van der Waals surface area contributed by atoms with Crippen molar-refractivity contribution < 1.29 is 19.2 Å². The van der Waals surface area contributed by atoms with Gasteiger partial charge in [-0.25, -0.2) is 0 Å². The summed E-state index contributed by atoms with van der Waals surface area (Å²) in [5, 5.41) is 16.8. The minimum atomic E-state index is -0.460. The lowest BCUT2D eigenvalue weighted by molar-refractivity contribution is -0.120. The zero-order valence-electron chi connectivity index (χ0n) is 15.3. The molecule has 7 heteroatoms. The standard InChI is InChI=1S/C18H29N3O4/c1-18(2,3)15-9-16(20-25-15)19-17(23)14-8-13(22)11-21(14)10-12-4-6-24-7-5-12/h9,12-14,22H,4-8,10-11H2,1-3H3,(H,19,20,23). The summed E-state index contributed by atoms with van der Waals surface area (Å²) in [4.78, 5) is 14.8. The number of β-amino-alcohol motifs (C(OH)–C–C–N with tert-alkyl or cyclic N) is 1. The highest BCUT2D eigenvalue weighted by atomic mass is 16.5. The van der Waals surface area contributed by atoms with E-state index in [-0.39, 0.29) is 17.4 Å². The van der Waals surface area contributed by atoms with Crippen LogP contribution in [0.3, 0.4) is 0 Å². The Morgan fingerprint density at radius 1 is 1.40 bits per heavy atom. The number of hydrogen-bond acceptors (Lipinski definition) is 6. The maximum absolute atomic E-state index is 12.7. The van der Waals surface area contributed by atoms with Crippen molar-refractivity contribution >= 4 is 11.7 Å². The first-order valence-electron chi connectivity index (χ1n) is 9.11. The van der Waals surface area contributed by atoms with Crippen LogP contribution < -0.4 is 5.32 Å². The lowest BCUT2D eigenvalue weighted by Crippen LogP contribution is -2.42. The average molecular weight is 351 g/mol. The minimum absolute atomic E-state index is 0.127. The van der Waals surface area contributed by atoms with Crippen molar-refractivity contribution in [1.82, 2.24) is 10.1 Å². The fraction of sp³-hybridized carbons (Fsp3) is 0.778. The zero-order chi connectivity index (χ0) is 18.0. The summed E-state index contributed by atoms with van der Waals surface area (Å²) >= 11 is 0. The molecule has 2 saturated heterocycles. The molecule has 1 aromatic heterocycles. The SMILES string of the molecule is CC(C)(C)c1cc(NC(=O)C2CC(O)CN2CC2CCOCC2)no1. The number of rotatable bonds is 4. The monoisotopic (exact) mass is 351 g/mol. The van der Waals surface area contributed by atoms with E-state index in [1.54, 1.807) is 6.07 Å². The van der Waals surface area contributed by atoms with Crippen molar-refractivity contribution in [2.75, 3.05) is 31.6 Å². The predicted octanol–water partition coefficient (Wildman–Crippen LogP) is 1.77. The number of hydrogen-bond donors (Lipinski definition) is 2. The van der Waals surface area contributed by atoms with Crippen LogP contribution in [0.15, 0.2) is 10.6 Å². The fourth-order valence-electron chi connectivity index (χ4n) is 3.51. The maximum atomic E-state index is 12.7. The minimum Gasteiger partial charge on any atom is -0.392 e. The van der Waals surface area contributed by atoms with E-state index < -0.39 is 6.10 Å². The Balaban J connectivity index is 1.61. The van der Waals surface area contributed by atoms with E-state index in [0.29, 0.717) is 24.7 Å². The lowest BCUT2D eigenvalue weighted by Gasteiger charge is -2.30. The van der Waals surface area contributed by atoms with Crippen LogP contribution >= 0.6 is 0 Å². The van der Waals surface area contributed by atoms with Gasteiger partial charge in [0.05, 0.1) is 12.1 Å². The number of aliphatic hydroxyl groups is 1. The van der Waals surface area contributed by atoms with Gasteiger partial charge < -0.3 is 19.7 Å². The Hall–Kier alpha value is -1.44. The fourth-order valence-corrected chi connectivity index (χ4v) is 3.51. The van der Waals surface area contributed by atoms with Gasteiger partial charge in [-0.1, -0.05) is 25.9 Å². The number of carbonyl (C=O) groups excluding carboxylic acids is 1. The summed E-state index contributed by atoms with van der Waals surface area (Å²) in [5.41, 5.74) is -0.158. The molecule has 2 fully saturated rings. The Kier molecular flexibility index (Phi) is 5.46. The number of likely N-dealkylation sites (tertiary alicyclic amines) is 1. The molecule has 140 valence electrons. The third kappa shape index (κ3) is 4.59. The van der Waals surface area contributed by atoms with E-state index in [1.165, 1.54) is 0 Å². The molecule has 7 nitrogen and oxygen atoms in total. The summed E-state index contributed by atoms with van der Waals surface area (Å²) in [6.07, 6.45) is 2.02. The van der Waals surface area contributed by atoms with Crippen molar-refractivity contribution in [2.24, 2.45) is 5.92 Å². The number of amides is 1. The molecular weight excluding hydrogens is 322 g/mol. The van der Waals surface area contributed by atoms with Crippen molar-refractivity contribution in [3.05, 3.63) is 11.8 Å². The van der Waals surface area contributed by atoms with E-state index in [4.69, 9.17) is 9.26 Å². The largest absolute Gasteiger partial charge is 0.392 e. The highest BCUT2D eigenvalue weighted by Crippen LogP contribution is 2.26. The van der Waals surface area contributed by atoms with Crippen LogP contribution in [-0.4, -0.2) is 59.5 Å². The van der Waals surface area contributed by atoms with E-state index in [9.17, 15) is 9.90 Å². The van der Waals surface area contributed by atoms with Crippen LogP contribution in [0.4, 0.5) is 5.82 Å². The molecule has 0 aliphatic carbocycles. The molecule has 2 aliphatic heterocycles. The number of nitrogens with one attached hydrogen (secondary N) is 1. The smallest absolute Gasteiger partial charge is 0.243 e. The highest BCUT2D eigenvalue weighted by Gasteiger charge is 2.37. The maximum Gasteiger partial charge on any atom is 0.243 e. The first-order valence-corrected chi connectivity index (χ1v) is 9.11. The molecule has 1 aromatic rings. The van der Waals surface area contributed by atoms with Crippen molar-refractivity contribution in [1.29, 1.82) is 0 Å². The summed E-state index contributed by atoms with van der Waals surface area (Å²) in [6.45, 7) is 9.02. The Labute approximate surface area is 148 Å². The molecule has 2 N–H and O–H groups in total. The Morgan fingerprint density at radius 3 is 2.76 bits per heavy atom. The van der Waals surface area contributed by atoms with E-state index >= 15 is 0 Å². The first kappa shape index (κ1) is 18.4. The second-order valence-corrected chi connectivity index (χ2v) is 8.23. The summed E-state index contributed by atoms with van der Waals surface area (Å²) in [6, 6.07) is 1.44. The van der Waals surface area contributed by atoms with Crippen molar-refractivity contribution in [3.8, 4) is 0 Å². The molecule has 0 saturated carbocycles. The molecule has 0 bridgehead atoms. The molecule has 25 heavy (non-hydrogen) atoms. The Morgan fingerprint density at radius 2 is 2.12 bits per heavy atom. The van der Waals surface area contributed by atoms with E-state index in [0.717, 1.165) is 38.4 Å². The van der Waals surface area contributed by atoms with Gasteiger partial charge in [0, 0.05) is 37.8 Å². The van der Waals surface area contributed by atoms with E-state index in [2.05, 4.69) is 15.4 Å². The molecule has 2 atom stereocenters. The first-order chi connectivity index (χ1) is 11.8. The molecule has 0 aromatic carbocycles. The van der Waals surface area contributed by atoms with Gasteiger partial charge in [-0.05, 0) is 25.2 Å². The second-order valence-electron chi connectivity index (χ2n) is 8.23. The number of anilines is 1. The van der Waals surface area contributed by atoms with Gasteiger partial charge in [0.15, 0.2) is 5.82 Å². The van der Waals surface area contributed by atoms with Crippen LogP contribution in [0, 0.1) is 5.92 Å². The molecule has 1 amide bonds. The third-order valence-corrected chi connectivity index (χ3v) is 5.02. The molecule has 3 rings (SSSR count). The van der Waals surface area contributed by atoms with Crippen LogP contribution in [0.1, 0.15) is 45.8 Å². The second kappa shape index (κ2) is 7.43. The molecular formula is C18H29N3O4. The highest BCUT2D eigenvalue weighted by molar-refractivity contribution is 5.94. The quantitative estimate of drug-likeness (QED) is 0.860. The van der Waals surface area contributed by atoms with Crippen LogP contribution in [0.25, 0.3) is 0 Å². The zero-order valence-corrected chi connectivity index (χ0v) is 15.3. The summed E-state index contributed by atoms with van der Waals surface area (Å²) in [7, 11) is 0. The number of carbonyl (C=O) groups is 1. The van der Waals surface area contributed by atoms with Gasteiger partial charge in [-0.2, -0.15) is 0 Å². The number of nitrogens with zero attached hydrogens (tertiary/aromatic N) is 2. The van der Waals surface area contributed by atoms with Gasteiger partial charge in [0.25, 0.3) is 0 Å². The van der Waals surface area contributed by atoms with Gasteiger partial charge in [0.2, 0.25) is 5.91 Å². The number of aliphatic hydroxyl groups excluding tert-OH is 1. The van der Waals surface area contributed by atoms with Crippen LogP contribution in [0.2, 0.25) is 0 Å². The molecule has 2 unspecified atom stereocenters. The van der Waals surface area contributed by atoms with Crippen molar-refractivity contribution in [3.63, 3.8) is 0 Å². The topological polar surface area (TPSA) is 87.8 Å². The Bertz CT molecular complexity index is 589.